The number of alkyl carbamates (subject to hydrolysis) is 1. The maximum absolute atomic E-state index is 11.3. The fourth-order valence-electron chi connectivity index (χ4n) is 1.34. The van der Waals surface area contributed by atoms with Crippen molar-refractivity contribution in [2.45, 2.75) is 26.3 Å². The van der Waals surface area contributed by atoms with Gasteiger partial charge in [-0.05, 0) is 18.6 Å². The second-order valence-corrected chi connectivity index (χ2v) is 3.87. The molecule has 6 nitrogen and oxygen atoms in total. The van der Waals surface area contributed by atoms with Crippen LogP contribution in [0.5, 0.6) is 0 Å². The lowest BCUT2D eigenvalue weighted by Crippen LogP contribution is -2.24. The van der Waals surface area contributed by atoms with Gasteiger partial charge in [0.15, 0.2) is 0 Å². The maximum Gasteiger partial charge on any atom is 0.407 e. The van der Waals surface area contributed by atoms with Crippen LogP contribution in [0.15, 0.2) is 18.3 Å². The molecule has 19 heavy (non-hydrogen) atoms. The lowest BCUT2D eigenvalue weighted by atomic mass is 10.2. The van der Waals surface area contributed by atoms with Gasteiger partial charge < -0.3 is 14.8 Å². The van der Waals surface area contributed by atoms with E-state index in [9.17, 15) is 9.59 Å². The van der Waals surface area contributed by atoms with Crippen molar-refractivity contribution in [3.63, 3.8) is 0 Å². The van der Waals surface area contributed by atoms with Crippen LogP contribution in [0.3, 0.4) is 0 Å². The standard InChI is InChI=1S/C13H18N2O4/c1-3-4-7-19-13(17)15-9-11-8-10(5-6-14-11)12(16)18-2/h5-6,8H,3-4,7,9H2,1-2H3,(H,15,17). The number of rotatable bonds is 6. The largest absolute Gasteiger partial charge is 0.465 e. The zero-order valence-electron chi connectivity index (χ0n) is 11.1. The number of nitrogens with one attached hydrogen (secondary N) is 1. The molecule has 0 spiro atoms. The topological polar surface area (TPSA) is 77.5 Å². The number of nitrogens with zero attached hydrogens (tertiary/aromatic N) is 1. The number of hydrogen-bond acceptors (Lipinski definition) is 5. The van der Waals surface area contributed by atoms with Gasteiger partial charge in [-0.3, -0.25) is 4.98 Å². The van der Waals surface area contributed by atoms with Crippen molar-refractivity contribution in [1.29, 1.82) is 0 Å². The lowest BCUT2D eigenvalue weighted by molar-refractivity contribution is 0.0600. The first kappa shape index (κ1) is 14.9. The Hall–Kier alpha value is -2.11. The monoisotopic (exact) mass is 266 g/mol. The van der Waals surface area contributed by atoms with Crippen LogP contribution >= 0.6 is 0 Å². The molecule has 0 radical (unpaired) electrons. The van der Waals surface area contributed by atoms with Gasteiger partial charge in [0.2, 0.25) is 0 Å². The summed E-state index contributed by atoms with van der Waals surface area (Å²) in [6.07, 6.45) is 2.81. The SMILES string of the molecule is CCCCOC(=O)NCc1cc(C(=O)OC)ccn1. The molecule has 0 fully saturated rings. The fraction of sp³-hybridized carbons (Fsp3) is 0.462. The number of esters is 1. The van der Waals surface area contributed by atoms with E-state index < -0.39 is 12.1 Å². The van der Waals surface area contributed by atoms with Crippen molar-refractivity contribution in [3.05, 3.63) is 29.6 Å². The van der Waals surface area contributed by atoms with Crippen molar-refractivity contribution >= 4 is 12.1 Å². The molecule has 1 heterocycles. The third-order valence-corrected chi connectivity index (χ3v) is 2.38. The summed E-state index contributed by atoms with van der Waals surface area (Å²) < 4.78 is 9.54. The summed E-state index contributed by atoms with van der Waals surface area (Å²) in [7, 11) is 1.31. The predicted molar refractivity (Wildman–Crippen MR) is 68.7 cm³/mol. The Bertz CT molecular complexity index is 434. The number of methoxy groups -OCH3 is 1. The van der Waals surface area contributed by atoms with Gasteiger partial charge in [0, 0.05) is 6.20 Å². The number of aromatic nitrogens is 1. The van der Waals surface area contributed by atoms with Gasteiger partial charge >= 0.3 is 12.1 Å². The Morgan fingerprint density at radius 1 is 1.42 bits per heavy atom. The Morgan fingerprint density at radius 2 is 2.21 bits per heavy atom. The van der Waals surface area contributed by atoms with E-state index in [2.05, 4.69) is 15.0 Å². The third kappa shape index (κ3) is 5.37. The highest BCUT2D eigenvalue weighted by Gasteiger charge is 2.07. The summed E-state index contributed by atoms with van der Waals surface area (Å²) in [4.78, 5) is 26.7. The highest BCUT2D eigenvalue weighted by molar-refractivity contribution is 5.89. The van der Waals surface area contributed by atoms with Crippen LogP contribution in [0, 0.1) is 0 Å². The van der Waals surface area contributed by atoms with Crippen LogP contribution in [0.2, 0.25) is 0 Å². The Labute approximate surface area is 112 Å². The normalized spacial score (nSPS) is 9.79. The van der Waals surface area contributed by atoms with Crippen LogP contribution in [-0.2, 0) is 16.0 Å². The highest BCUT2D eigenvalue weighted by Crippen LogP contribution is 2.03. The average Bonchev–Trinajstić information content (AvgIpc) is 2.45. The molecule has 0 aliphatic heterocycles. The van der Waals surface area contributed by atoms with Gasteiger partial charge in [-0.1, -0.05) is 13.3 Å². The van der Waals surface area contributed by atoms with Gasteiger partial charge in [-0.15, -0.1) is 0 Å². The number of carbonyl (C=O) groups excluding carboxylic acids is 2. The van der Waals surface area contributed by atoms with Crippen molar-refractivity contribution in [1.82, 2.24) is 10.3 Å². The smallest absolute Gasteiger partial charge is 0.407 e. The summed E-state index contributed by atoms with van der Waals surface area (Å²) in [6, 6.07) is 3.12. The molecule has 0 bridgehead atoms. The van der Waals surface area contributed by atoms with Gasteiger partial charge in [-0.25, -0.2) is 9.59 Å². The van der Waals surface area contributed by atoms with Crippen molar-refractivity contribution < 1.29 is 19.1 Å². The van der Waals surface area contributed by atoms with Gasteiger partial charge in [0.1, 0.15) is 0 Å². The van der Waals surface area contributed by atoms with Crippen molar-refractivity contribution in [2.75, 3.05) is 13.7 Å². The number of carbonyl (C=O) groups is 2. The van der Waals surface area contributed by atoms with Crippen LogP contribution in [0.25, 0.3) is 0 Å². The zero-order valence-corrected chi connectivity index (χ0v) is 11.1. The molecule has 0 saturated heterocycles. The number of amides is 1. The molecular formula is C13H18N2O4. The van der Waals surface area contributed by atoms with E-state index in [4.69, 9.17) is 4.74 Å². The minimum absolute atomic E-state index is 0.204. The Balaban J connectivity index is 2.44. The molecule has 1 N–H and O–H groups in total. The molecular weight excluding hydrogens is 248 g/mol. The molecule has 0 unspecified atom stereocenters. The number of pyridine rings is 1. The molecule has 6 heteroatoms. The lowest BCUT2D eigenvalue weighted by Gasteiger charge is -2.06. The van der Waals surface area contributed by atoms with Gasteiger partial charge in [-0.2, -0.15) is 0 Å². The molecule has 1 aromatic heterocycles. The average molecular weight is 266 g/mol. The Kier molecular flexibility index (Phi) is 6.35. The van der Waals surface area contributed by atoms with E-state index in [1.54, 1.807) is 12.1 Å². The first-order chi connectivity index (χ1) is 9.17. The molecule has 104 valence electrons. The van der Waals surface area contributed by atoms with E-state index in [0.717, 1.165) is 12.8 Å². The van der Waals surface area contributed by atoms with E-state index in [-0.39, 0.29) is 6.54 Å². The minimum Gasteiger partial charge on any atom is -0.465 e. The van der Waals surface area contributed by atoms with Crippen molar-refractivity contribution in [3.8, 4) is 0 Å². The molecule has 0 aliphatic carbocycles. The predicted octanol–water partition coefficient (Wildman–Crippen LogP) is 1.89. The molecule has 0 atom stereocenters. The quantitative estimate of drug-likeness (QED) is 0.628. The first-order valence-corrected chi connectivity index (χ1v) is 6.11. The first-order valence-electron chi connectivity index (χ1n) is 6.11. The van der Waals surface area contributed by atoms with E-state index >= 15 is 0 Å². The van der Waals surface area contributed by atoms with Gasteiger partial charge in [0.05, 0.1) is 31.5 Å². The summed E-state index contributed by atoms with van der Waals surface area (Å²) in [5.41, 5.74) is 0.962. The molecule has 0 aromatic carbocycles. The molecule has 0 saturated carbocycles. The summed E-state index contributed by atoms with van der Waals surface area (Å²) in [5.74, 6) is -0.436. The van der Waals surface area contributed by atoms with Crippen LogP contribution in [0.1, 0.15) is 35.8 Å². The fourth-order valence-corrected chi connectivity index (χ4v) is 1.34. The van der Waals surface area contributed by atoms with Crippen molar-refractivity contribution in [2.24, 2.45) is 0 Å². The number of hydrogen-bond donors (Lipinski definition) is 1. The van der Waals surface area contributed by atoms with Crippen LogP contribution in [0.4, 0.5) is 4.79 Å². The summed E-state index contributed by atoms with van der Waals surface area (Å²) in [5, 5.41) is 2.57. The molecule has 1 amide bonds. The second kappa shape index (κ2) is 8.07. The number of ether oxygens (including phenoxy) is 2. The second-order valence-electron chi connectivity index (χ2n) is 3.87. The van der Waals surface area contributed by atoms with Crippen LogP contribution < -0.4 is 5.32 Å². The summed E-state index contributed by atoms with van der Waals surface area (Å²) in [6.45, 7) is 2.62. The van der Waals surface area contributed by atoms with E-state index in [1.807, 2.05) is 6.92 Å². The molecule has 1 aromatic rings. The highest BCUT2D eigenvalue weighted by atomic mass is 16.5. The molecule has 1 rings (SSSR count). The van der Waals surface area contributed by atoms with E-state index in [0.29, 0.717) is 17.9 Å². The Morgan fingerprint density at radius 3 is 2.89 bits per heavy atom. The summed E-state index contributed by atoms with van der Waals surface area (Å²) >= 11 is 0. The number of unbranched alkanes of at least 4 members (excludes halogenated alkanes) is 1. The van der Waals surface area contributed by atoms with Crippen LogP contribution in [-0.4, -0.2) is 30.8 Å². The van der Waals surface area contributed by atoms with Gasteiger partial charge in [0.25, 0.3) is 0 Å². The maximum atomic E-state index is 11.3. The van der Waals surface area contributed by atoms with E-state index in [1.165, 1.54) is 13.3 Å². The molecule has 0 aliphatic rings. The zero-order chi connectivity index (χ0) is 14.1. The third-order valence-electron chi connectivity index (χ3n) is 2.38. The minimum atomic E-state index is -0.487.